The summed E-state index contributed by atoms with van der Waals surface area (Å²) in [7, 11) is 0. The number of hydrogen-bond donors (Lipinski definition) is 3. The molecule has 7 heteroatoms. The Labute approximate surface area is 128 Å². The van der Waals surface area contributed by atoms with Crippen LogP contribution < -0.4 is 10.6 Å². The van der Waals surface area contributed by atoms with Crippen LogP contribution in [0.5, 0.6) is 0 Å². The van der Waals surface area contributed by atoms with Gasteiger partial charge in [-0.05, 0) is 19.3 Å². The number of rotatable bonds is 6. The van der Waals surface area contributed by atoms with Crippen molar-refractivity contribution in [2.24, 2.45) is 5.92 Å². The number of aryl methyl sites for hydroxylation is 1. The highest BCUT2D eigenvalue weighted by atomic mass is 32.1. The van der Waals surface area contributed by atoms with E-state index >= 15 is 0 Å². The average Bonchev–Trinajstić information content (AvgIpc) is 3.06. The topological polar surface area (TPSA) is 91.3 Å². The van der Waals surface area contributed by atoms with Gasteiger partial charge in [-0.15, -0.1) is 11.3 Å². The highest BCUT2D eigenvalue weighted by molar-refractivity contribution is 7.13. The fraction of sp³-hybridized carbons (Fsp3) is 0.643. The first-order chi connectivity index (χ1) is 10.1. The Balaban J connectivity index is 1.68. The third-order valence-electron chi connectivity index (χ3n) is 3.75. The van der Waals surface area contributed by atoms with Gasteiger partial charge in [0, 0.05) is 6.54 Å². The van der Waals surface area contributed by atoms with Gasteiger partial charge in [0.15, 0.2) is 0 Å². The van der Waals surface area contributed by atoms with E-state index in [0.717, 1.165) is 23.7 Å². The molecule has 0 saturated heterocycles. The molecule has 21 heavy (non-hydrogen) atoms. The Hall–Kier alpha value is -1.63. The van der Waals surface area contributed by atoms with Crippen LogP contribution >= 0.6 is 11.3 Å². The number of aromatic nitrogens is 1. The summed E-state index contributed by atoms with van der Waals surface area (Å²) in [6.45, 7) is 2.60. The van der Waals surface area contributed by atoms with Crippen molar-refractivity contribution in [2.45, 2.75) is 45.6 Å². The number of carbonyl (C=O) groups is 2. The van der Waals surface area contributed by atoms with Crippen LogP contribution in [-0.4, -0.2) is 28.6 Å². The van der Waals surface area contributed by atoms with E-state index in [4.69, 9.17) is 5.11 Å². The predicted molar refractivity (Wildman–Crippen MR) is 80.6 cm³/mol. The van der Waals surface area contributed by atoms with E-state index in [2.05, 4.69) is 15.6 Å². The van der Waals surface area contributed by atoms with E-state index in [0.29, 0.717) is 17.2 Å². The highest BCUT2D eigenvalue weighted by Crippen LogP contribution is 2.26. The van der Waals surface area contributed by atoms with Crippen molar-refractivity contribution in [3.8, 4) is 0 Å². The first-order valence-corrected chi connectivity index (χ1v) is 8.09. The van der Waals surface area contributed by atoms with Crippen molar-refractivity contribution < 1.29 is 14.7 Å². The summed E-state index contributed by atoms with van der Waals surface area (Å²) in [5.74, 6) is -0.220. The third kappa shape index (κ3) is 4.70. The second-order valence-electron chi connectivity index (χ2n) is 5.38. The molecule has 2 amide bonds. The monoisotopic (exact) mass is 311 g/mol. The van der Waals surface area contributed by atoms with Crippen molar-refractivity contribution in [3.05, 3.63) is 15.6 Å². The zero-order valence-corrected chi connectivity index (χ0v) is 13.0. The van der Waals surface area contributed by atoms with Crippen molar-refractivity contribution >= 4 is 23.3 Å². The standard InChI is InChI=1S/C14H21N3O3S/c1-9-12(13(18)19)21-11(17-9)8-16-14(20)15-7-6-10-4-2-3-5-10/h10H,2-8H2,1H3,(H,18,19)(H2,15,16,20). The molecular weight excluding hydrogens is 290 g/mol. The van der Waals surface area contributed by atoms with Crippen LogP contribution in [0.2, 0.25) is 0 Å². The molecule has 0 bridgehead atoms. The molecule has 1 saturated carbocycles. The van der Waals surface area contributed by atoms with Crippen molar-refractivity contribution in [1.82, 2.24) is 15.6 Å². The van der Waals surface area contributed by atoms with E-state index in [1.807, 2.05) is 0 Å². The number of nitrogens with zero attached hydrogens (tertiary/aromatic N) is 1. The van der Waals surface area contributed by atoms with Gasteiger partial charge in [-0.2, -0.15) is 0 Å². The van der Waals surface area contributed by atoms with Gasteiger partial charge in [0.1, 0.15) is 9.88 Å². The molecule has 1 aromatic rings. The second kappa shape index (κ2) is 7.40. The minimum Gasteiger partial charge on any atom is -0.477 e. The smallest absolute Gasteiger partial charge is 0.347 e. The van der Waals surface area contributed by atoms with Gasteiger partial charge in [0.2, 0.25) is 0 Å². The highest BCUT2D eigenvalue weighted by Gasteiger charge is 2.16. The summed E-state index contributed by atoms with van der Waals surface area (Å²) in [5.41, 5.74) is 0.492. The fourth-order valence-corrected chi connectivity index (χ4v) is 3.48. The molecule has 0 aromatic carbocycles. The first kappa shape index (κ1) is 15.8. The Bertz CT molecular complexity index is 510. The van der Waals surface area contributed by atoms with E-state index in [1.165, 1.54) is 25.7 Å². The van der Waals surface area contributed by atoms with Crippen LogP contribution in [0.15, 0.2) is 0 Å². The lowest BCUT2D eigenvalue weighted by molar-refractivity contribution is 0.0701. The van der Waals surface area contributed by atoms with E-state index in [9.17, 15) is 9.59 Å². The number of aromatic carboxylic acids is 1. The normalized spacial score (nSPS) is 15.1. The average molecular weight is 311 g/mol. The van der Waals surface area contributed by atoms with Gasteiger partial charge in [0.25, 0.3) is 0 Å². The molecule has 0 spiro atoms. The minimum absolute atomic E-state index is 0.224. The van der Waals surface area contributed by atoms with Gasteiger partial charge in [-0.3, -0.25) is 0 Å². The van der Waals surface area contributed by atoms with Gasteiger partial charge >= 0.3 is 12.0 Å². The molecule has 0 radical (unpaired) electrons. The van der Waals surface area contributed by atoms with Crippen LogP contribution in [-0.2, 0) is 6.54 Å². The molecule has 0 unspecified atom stereocenters. The molecule has 1 aliphatic rings. The molecule has 0 aliphatic heterocycles. The molecule has 3 N–H and O–H groups in total. The predicted octanol–water partition coefficient (Wildman–Crippen LogP) is 2.53. The summed E-state index contributed by atoms with van der Waals surface area (Å²) in [4.78, 5) is 26.9. The number of amides is 2. The molecule has 6 nitrogen and oxygen atoms in total. The van der Waals surface area contributed by atoms with Gasteiger partial charge in [-0.1, -0.05) is 25.7 Å². The van der Waals surface area contributed by atoms with Gasteiger partial charge < -0.3 is 15.7 Å². The quantitative estimate of drug-likeness (QED) is 0.753. The number of carbonyl (C=O) groups excluding carboxylic acids is 1. The molecule has 1 aromatic heterocycles. The Morgan fingerprint density at radius 3 is 2.67 bits per heavy atom. The lowest BCUT2D eigenvalue weighted by Crippen LogP contribution is -2.36. The van der Waals surface area contributed by atoms with Gasteiger partial charge in [-0.25, -0.2) is 14.6 Å². The number of thiazole rings is 1. The van der Waals surface area contributed by atoms with Crippen LogP contribution in [0.25, 0.3) is 0 Å². The van der Waals surface area contributed by atoms with E-state index in [-0.39, 0.29) is 17.5 Å². The van der Waals surface area contributed by atoms with Crippen LogP contribution in [0, 0.1) is 12.8 Å². The summed E-state index contributed by atoms with van der Waals surface area (Å²) < 4.78 is 0. The number of urea groups is 1. The van der Waals surface area contributed by atoms with Crippen molar-refractivity contribution in [1.29, 1.82) is 0 Å². The zero-order chi connectivity index (χ0) is 15.2. The summed E-state index contributed by atoms with van der Waals surface area (Å²) in [6, 6.07) is -0.224. The van der Waals surface area contributed by atoms with Crippen LogP contribution in [0.1, 0.15) is 52.5 Å². The lowest BCUT2D eigenvalue weighted by atomic mass is 10.0. The Morgan fingerprint density at radius 2 is 2.05 bits per heavy atom. The number of nitrogens with one attached hydrogen (secondary N) is 2. The number of carboxylic acid groups (broad SMARTS) is 1. The summed E-state index contributed by atoms with van der Waals surface area (Å²) >= 11 is 1.10. The Morgan fingerprint density at radius 1 is 1.33 bits per heavy atom. The van der Waals surface area contributed by atoms with E-state index < -0.39 is 5.97 Å². The molecule has 1 fully saturated rings. The maximum absolute atomic E-state index is 11.7. The van der Waals surface area contributed by atoms with E-state index in [1.54, 1.807) is 6.92 Å². The molecular formula is C14H21N3O3S. The summed E-state index contributed by atoms with van der Waals surface area (Å²) in [5, 5.41) is 15.1. The second-order valence-corrected chi connectivity index (χ2v) is 6.46. The van der Waals surface area contributed by atoms with Crippen LogP contribution in [0.3, 0.4) is 0 Å². The minimum atomic E-state index is -0.975. The molecule has 0 atom stereocenters. The van der Waals surface area contributed by atoms with Crippen molar-refractivity contribution in [3.63, 3.8) is 0 Å². The summed E-state index contributed by atoms with van der Waals surface area (Å²) in [6.07, 6.45) is 6.21. The maximum Gasteiger partial charge on any atom is 0.347 e. The molecule has 1 aliphatic carbocycles. The lowest BCUT2D eigenvalue weighted by Gasteiger charge is -2.10. The van der Waals surface area contributed by atoms with Crippen LogP contribution in [0.4, 0.5) is 4.79 Å². The molecule has 2 rings (SSSR count). The molecule has 116 valence electrons. The SMILES string of the molecule is Cc1nc(CNC(=O)NCCC2CCCC2)sc1C(=O)O. The first-order valence-electron chi connectivity index (χ1n) is 7.27. The van der Waals surface area contributed by atoms with Gasteiger partial charge in [0.05, 0.1) is 12.2 Å². The molecule has 1 heterocycles. The largest absolute Gasteiger partial charge is 0.477 e. The third-order valence-corrected chi connectivity index (χ3v) is 4.89. The maximum atomic E-state index is 11.7. The fourth-order valence-electron chi connectivity index (χ4n) is 2.63. The van der Waals surface area contributed by atoms with Crippen molar-refractivity contribution in [2.75, 3.05) is 6.54 Å². The zero-order valence-electron chi connectivity index (χ0n) is 12.1. The Kier molecular flexibility index (Phi) is 5.55. The number of hydrogen-bond acceptors (Lipinski definition) is 4. The number of carboxylic acids is 1.